The van der Waals surface area contributed by atoms with Gasteiger partial charge < -0.3 is 14.7 Å². The molecule has 0 unspecified atom stereocenters. The maximum absolute atomic E-state index is 13.9. The molecule has 38 heavy (non-hydrogen) atoms. The Morgan fingerprint density at radius 3 is 2.37 bits per heavy atom. The zero-order valence-corrected chi connectivity index (χ0v) is 22.0. The van der Waals surface area contributed by atoms with Crippen molar-refractivity contribution in [2.75, 3.05) is 13.2 Å². The molecule has 4 aromatic rings. The number of para-hydroxylation sites is 1. The summed E-state index contributed by atoms with van der Waals surface area (Å²) in [5.74, 6) is -0.226. The van der Waals surface area contributed by atoms with Crippen molar-refractivity contribution in [3.63, 3.8) is 0 Å². The van der Waals surface area contributed by atoms with Gasteiger partial charge in [-0.15, -0.1) is 0 Å². The minimum atomic E-state index is -2.18. The first-order chi connectivity index (χ1) is 19.4. The first kappa shape index (κ1) is 24.6. The van der Waals surface area contributed by atoms with Gasteiger partial charge in [-0.3, -0.25) is 9.59 Å². The Hall–Kier alpha value is -3.74. The van der Waals surface area contributed by atoms with Gasteiger partial charge in [-0.2, -0.15) is 11.3 Å². The molecular formula is C32H33NO4S. The van der Waals surface area contributed by atoms with E-state index in [1.807, 2.05) is 59.3 Å². The number of amides is 1. The number of nitrogens with zero attached hydrogens (tertiary/aromatic N) is 1. The second-order valence-corrected chi connectivity index (χ2v) is 9.71. The summed E-state index contributed by atoms with van der Waals surface area (Å²) in [4.78, 5) is 26.4. The van der Waals surface area contributed by atoms with Gasteiger partial charge in [-0.1, -0.05) is 60.7 Å². The highest BCUT2D eigenvalue weighted by atomic mass is 32.1. The summed E-state index contributed by atoms with van der Waals surface area (Å²) in [7, 11) is 0. The second kappa shape index (κ2) is 14.3. The Bertz CT molecular complexity index is 1380. The fourth-order valence-corrected chi connectivity index (χ4v) is 4.68. The van der Waals surface area contributed by atoms with Gasteiger partial charge in [0, 0.05) is 30.6 Å². The minimum absolute atomic E-state index is 0.0756. The Balaban J connectivity index is 1.56. The molecule has 0 saturated carbocycles. The molecule has 6 heteroatoms. The zero-order chi connectivity index (χ0) is 28.4. The van der Waals surface area contributed by atoms with Crippen LogP contribution >= 0.6 is 11.3 Å². The normalized spacial score (nSPS) is 11.9. The molecule has 0 aliphatic carbocycles. The van der Waals surface area contributed by atoms with E-state index in [4.69, 9.17) is 9.84 Å². The van der Waals surface area contributed by atoms with E-state index in [-0.39, 0.29) is 17.9 Å². The van der Waals surface area contributed by atoms with E-state index >= 15 is 0 Å². The van der Waals surface area contributed by atoms with Crippen LogP contribution in [0.15, 0.2) is 95.7 Å². The molecule has 0 radical (unpaired) electrons. The summed E-state index contributed by atoms with van der Waals surface area (Å²) in [6.07, 6.45) is 2.43. The van der Waals surface area contributed by atoms with Gasteiger partial charge in [-0.05, 0) is 71.0 Å². The number of aliphatic hydroxyl groups excluding tert-OH is 1. The van der Waals surface area contributed by atoms with E-state index in [0.29, 0.717) is 37.2 Å². The SMILES string of the molecule is [2H]C([2H])(c1ccccc1OCCCCCC(=O)CO)N(Cc1ccccc1)C(=O)c1ccc(-c2ccsc2)cc1. The van der Waals surface area contributed by atoms with Crippen molar-refractivity contribution in [3.05, 3.63) is 112 Å². The lowest BCUT2D eigenvalue weighted by Gasteiger charge is -2.24. The maximum atomic E-state index is 13.9. The van der Waals surface area contributed by atoms with Crippen LogP contribution < -0.4 is 4.74 Å². The number of hydrogen-bond donors (Lipinski definition) is 1. The average Bonchev–Trinajstić information content (AvgIpc) is 3.53. The second-order valence-electron chi connectivity index (χ2n) is 8.93. The lowest BCUT2D eigenvalue weighted by atomic mass is 10.1. The van der Waals surface area contributed by atoms with Gasteiger partial charge in [0.2, 0.25) is 0 Å². The molecule has 1 heterocycles. The molecule has 0 bridgehead atoms. The van der Waals surface area contributed by atoms with Crippen molar-refractivity contribution < 1.29 is 22.2 Å². The number of rotatable bonds is 14. The van der Waals surface area contributed by atoms with Gasteiger partial charge >= 0.3 is 0 Å². The first-order valence-electron chi connectivity index (χ1n) is 13.7. The van der Waals surface area contributed by atoms with Gasteiger partial charge in [0.1, 0.15) is 12.4 Å². The molecule has 196 valence electrons. The van der Waals surface area contributed by atoms with E-state index < -0.39 is 19.0 Å². The first-order valence-corrected chi connectivity index (χ1v) is 13.7. The predicted molar refractivity (Wildman–Crippen MR) is 152 cm³/mol. The zero-order valence-electron chi connectivity index (χ0n) is 23.2. The van der Waals surface area contributed by atoms with Crippen LogP contribution in [0.3, 0.4) is 0 Å². The lowest BCUT2D eigenvalue weighted by Crippen LogP contribution is -2.30. The van der Waals surface area contributed by atoms with E-state index in [1.165, 1.54) is 4.90 Å². The van der Waals surface area contributed by atoms with Crippen molar-refractivity contribution >= 4 is 23.0 Å². The fourth-order valence-electron chi connectivity index (χ4n) is 4.01. The van der Waals surface area contributed by atoms with Crippen LogP contribution in [-0.2, 0) is 17.8 Å². The minimum Gasteiger partial charge on any atom is -0.493 e. The largest absolute Gasteiger partial charge is 0.493 e. The van der Waals surface area contributed by atoms with Crippen LogP contribution in [0.5, 0.6) is 5.75 Å². The van der Waals surface area contributed by atoms with Gasteiger partial charge in [0.25, 0.3) is 5.91 Å². The lowest BCUT2D eigenvalue weighted by molar-refractivity contribution is -0.121. The number of ketones is 1. The Morgan fingerprint density at radius 2 is 1.63 bits per heavy atom. The monoisotopic (exact) mass is 529 g/mol. The summed E-state index contributed by atoms with van der Waals surface area (Å²) in [6.45, 7) is -2.19. The van der Waals surface area contributed by atoms with E-state index in [0.717, 1.165) is 23.1 Å². The van der Waals surface area contributed by atoms with E-state index in [1.54, 1.807) is 47.7 Å². The van der Waals surface area contributed by atoms with Crippen LogP contribution in [0.2, 0.25) is 0 Å². The Morgan fingerprint density at radius 1 is 0.868 bits per heavy atom. The molecule has 0 aliphatic rings. The molecular weight excluding hydrogens is 494 g/mol. The number of hydrogen-bond acceptors (Lipinski definition) is 5. The van der Waals surface area contributed by atoms with Crippen molar-refractivity contribution in [1.82, 2.24) is 4.90 Å². The molecule has 0 saturated heterocycles. The third kappa shape index (κ3) is 7.88. The summed E-state index contributed by atoms with van der Waals surface area (Å²) >= 11 is 1.61. The number of thiophene rings is 1. The van der Waals surface area contributed by atoms with Crippen molar-refractivity contribution in [3.8, 4) is 16.9 Å². The van der Waals surface area contributed by atoms with Crippen LogP contribution in [0.4, 0.5) is 0 Å². The van der Waals surface area contributed by atoms with Gasteiger partial charge in [0.15, 0.2) is 5.78 Å². The van der Waals surface area contributed by atoms with Crippen LogP contribution in [0.1, 0.15) is 49.9 Å². The van der Waals surface area contributed by atoms with Gasteiger partial charge in [-0.25, -0.2) is 0 Å². The topological polar surface area (TPSA) is 66.8 Å². The summed E-state index contributed by atoms with van der Waals surface area (Å²) in [5, 5.41) is 12.9. The number of Topliss-reactive ketones (excluding diaryl/α,β-unsaturated/α-hetero) is 1. The van der Waals surface area contributed by atoms with Crippen LogP contribution in [0, 0.1) is 0 Å². The standard InChI is InChI=1S/C32H33NO4S/c34-23-30(35)12-5-2-8-19-37-31-13-7-6-11-28(31)22-33(21-25-9-3-1-4-10-25)32(36)27-16-14-26(15-17-27)29-18-20-38-24-29/h1,3-4,6-7,9-11,13-18,20,24,34H,2,5,8,12,19,21-23H2/i22D2. The Labute approximate surface area is 231 Å². The molecule has 0 aliphatic heterocycles. The molecule has 1 aromatic heterocycles. The molecule has 3 aromatic carbocycles. The van der Waals surface area contributed by atoms with E-state index in [9.17, 15) is 12.3 Å². The number of carbonyl (C=O) groups is 2. The average molecular weight is 530 g/mol. The van der Waals surface area contributed by atoms with Gasteiger partial charge in [0.05, 0.1) is 9.35 Å². The molecule has 0 atom stereocenters. The van der Waals surface area contributed by atoms with Crippen molar-refractivity contribution in [2.45, 2.75) is 38.7 Å². The van der Waals surface area contributed by atoms with Crippen LogP contribution in [0.25, 0.3) is 11.1 Å². The smallest absolute Gasteiger partial charge is 0.254 e. The summed E-state index contributed by atoms with van der Waals surface area (Å²) < 4.78 is 24.4. The highest BCUT2D eigenvalue weighted by Gasteiger charge is 2.19. The number of benzene rings is 3. The number of unbranched alkanes of at least 4 members (excludes halogenated alkanes) is 2. The third-order valence-electron chi connectivity index (χ3n) is 6.09. The summed E-state index contributed by atoms with van der Waals surface area (Å²) in [5.41, 5.74) is 3.55. The Kier molecular flexibility index (Phi) is 9.23. The molecule has 5 nitrogen and oxygen atoms in total. The van der Waals surface area contributed by atoms with Crippen molar-refractivity contribution in [1.29, 1.82) is 0 Å². The highest BCUT2D eigenvalue weighted by molar-refractivity contribution is 7.08. The van der Waals surface area contributed by atoms with Crippen molar-refractivity contribution in [2.24, 2.45) is 0 Å². The quantitative estimate of drug-likeness (QED) is 0.183. The molecule has 0 spiro atoms. The van der Waals surface area contributed by atoms with E-state index in [2.05, 4.69) is 0 Å². The summed E-state index contributed by atoms with van der Waals surface area (Å²) in [6, 6.07) is 25.5. The number of ether oxygens (including phenoxy) is 1. The fraction of sp³-hybridized carbons (Fsp3) is 0.250. The number of carbonyl (C=O) groups excluding carboxylic acids is 2. The molecule has 4 rings (SSSR count). The third-order valence-corrected chi connectivity index (χ3v) is 6.77. The molecule has 1 N–H and O–H groups in total. The number of aliphatic hydroxyl groups is 1. The molecule has 1 amide bonds. The maximum Gasteiger partial charge on any atom is 0.254 e. The predicted octanol–water partition coefficient (Wildman–Crippen LogP) is 6.76. The highest BCUT2D eigenvalue weighted by Crippen LogP contribution is 2.25. The molecule has 0 fully saturated rings. The van der Waals surface area contributed by atoms with Crippen LogP contribution in [-0.4, -0.2) is 34.9 Å².